The van der Waals surface area contributed by atoms with E-state index in [1.54, 1.807) is 0 Å². The van der Waals surface area contributed by atoms with Crippen LogP contribution in [0.25, 0.3) is 0 Å². The Labute approximate surface area is 189 Å². The lowest BCUT2D eigenvalue weighted by Gasteiger charge is -2.24. The van der Waals surface area contributed by atoms with Gasteiger partial charge in [-0.1, -0.05) is 74.5 Å². The zero-order chi connectivity index (χ0) is 23.3. The van der Waals surface area contributed by atoms with Crippen molar-refractivity contribution in [3.05, 3.63) is 71.8 Å². The molecule has 2 rings (SSSR count). The normalized spacial score (nSPS) is 12.5. The minimum Gasteiger partial charge on any atom is -0.445 e. The molecule has 0 aliphatic heterocycles. The summed E-state index contributed by atoms with van der Waals surface area (Å²) in [6.07, 6.45) is 0.0950. The van der Waals surface area contributed by atoms with Crippen LogP contribution in [0.2, 0.25) is 0 Å². The first-order chi connectivity index (χ1) is 15.4. The lowest BCUT2D eigenvalue weighted by atomic mass is 10.0. The van der Waals surface area contributed by atoms with Gasteiger partial charge in [0, 0.05) is 13.0 Å². The number of hydrogen-bond donors (Lipinski definition) is 3. The molecule has 2 aromatic rings. The first kappa shape index (κ1) is 24.9. The van der Waals surface area contributed by atoms with E-state index < -0.39 is 24.1 Å². The summed E-state index contributed by atoms with van der Waals surface area (Å²) in [5.74, 6) is -0.528. The number of hydrogen-bond acceptors (Lipinski definition) is 4. The average Bonchev–Trinajstić information content (AvgIpc) is 2.78. The molecule has 0 aliphatic rings. The molecule has 0 bridgehead atoms. The third kappa shape index (κ3) is 8.79. The highest BCUT2D eigenvalue weighted by atomic mass is 16.5. The molecule has 0 unspecified atom stereocenters. The Balaban J connectivity index is 2.03. The third-order valence-electron chi connectivity index (χ3n) is 4.80. The van der Waals surface area contributed by atoms with Gasteiger partial charge in [0.25, 0.3) is 0 Å². The number of likely N-dealkylation sites (N-methyl/N-ethyl adjacent to an activating group) is 1. The Hall–Kier alpha value is -3.35. The lowest BCUT2D eigenvalue weighted by Crippen LogP contribution is -2.54. The van der Waals surface area contributed by atoms with Gasteiger partial charge in [0.2, 0.25) is 11.8 Å². The second kappa shape index (κ2) is 13.1. The molecule has 3 N–H and O–H groups in total. The van der Waals surface area contributed by atoms with Gasteiger partial charge in [-0.2, -0.15) is 0 Å². The number of nitrogens with one attached hydrogen (secondary N) is 3. The molecule has 2 atom stereocenters. The first-order valence-corrected chi connectivity index (χ1v) is 11.0. The van der Waals surface area contributed by atoms with Crippen LogP contribution in [-0.4, -0.2) is 36.5 Å². The van der Waals surface area contributed by atoms with Gasteiger partial charge in [0.1, 0.15) is 18.7 Å². The summed E-state index contributed by atoms with van der Waals surface area (Å²) in [7, 11) is 0. The Morgan fingerprint density at radius 2 is 1.41 bits per heavy atom. The largest absolute Gasteiger partial charge is 0.445 e. The molecule has 0 aromatic heterocycles. The number of benzene rings is 2. The molecule has 0 radical (unpaired) electrons. The van der Waals surface area contributed by atoms with Crippen LogP contribution in [0.4, 0.5) is 4.79 Å². The monoisotopic (exact) mass is 439 g/mol. The molecule has 0 heterocycles. The van der Waals surface area contributed by atoms with Crippen molar-refractivity contribution in [1.82, 2.24) is 16.0 Å². The van der Waals surface area contributed by atoms with Gasteiger partial charge in [-0.3, -0.25) is 9.59 Å². The maximum atomic E-state index is 13.0. The van der Waals surface area contributed by atoms with Gasteiger partial charge >= 0.3 is 6.09 Å². The molecule has 7 nitrogen and oxygen atoms in total. The van der Waals surface area contributed by atoms with Gasteiger partial charge in [-0.05, 0) is 30.4 Å². The maximum Gasteiger partial charge on any atom is 0.408 e. The van der Waals surface area contributed by atoms with E-state index in [1.807, 2.05) is 81.4 Å². The van der Waals surface area contributed by atoms with E-state index in [-0.39, 0.29) is 18.4 Å². The fourth-order valence-corrected chi connectivity index (χ4v) is 3.24. The molecule has 0 saturated heterocycles. The molecule has 3 amide bonds. The molecule has 2 aromatic carbocycles. The van der Waals surface area contributed by atoms with E-state index in [4.69, 9.17) is 4.74 Å². The fourth-order valence-electron chi connectivity index (χ4n) is 3.24. The van der Waals surface area contributed by atoms with E-state index in [1.165, 1.54) is 0 Å². The SMILES string of the molecule is CCNC(=O)[C@H](Cc1ccccc1)NC(=O)[C@H](CC(C)C)NC(=O)OCc1ccccc1. The Bertz CT molecular complexity index is 856. The minimum absolute atomic E-state index is 0.109. The number of amides is 3. The zero-order valence-corrected chi connectivity index (χ0v) is 19.0. The number of carbonyl (C=O) groups is 3. The van der Waals surface area contributed by atoms with Crippen molar-refractivity contribution in [3.8, 4) is 0 Å². The Kier molecular flexibility index (Phi) is 10.2. The van der Waals surface area contributed by atoms with E-state index >= 15 is 0 Å². The Morgan fingerprint density at radius 3 is 1.97 bits per heavy atom. The van der Waals surface area contributed by atoms with Crippen LogP contribution in [0.1, 0.15) is 38.3 Å². The predicted molar refractivity (Wildman–Crippen MR) is 124 cm³/mol. The molecular weight excluding hydrogens is 406 g/mol. The molecule has 0 spiro atoms. The quantitative estimate of drug-likeness (QED) is 0.501. The summed E-state index contributed by atoms with van der Waals surface area (Å²) in [5.41, 5.74) is 1.78. The third-order valence-corrected chi connectivity index (χ3v) is 4.80. The molecule has 32 heavy (non-hydrogen) atoms. The van der Waals surface area contributed by atoms with E-state index in [2.05, 4.69) is 16.0 Å². The highest BCUT2D eigenvalue weighted by Gasteiger charge is 2.27. The maximum absolute atomic E-state index is 13.0. The van der Waals surface area contributed by atoms with Crippen LogP contribution >= 0.6 is 0 Å². The first-order valence-electron chi connectivity index (χ1n) is 11.0. The summed E-state index contributed by atoms with van der Waals surface area (Å²) >= 11 is 0. The van der Waals surface area contributed by atoms with E-state index in [9.17, 15) is 14.4 Å². The highest BCUT2D eigenvalue weighted by Crippen LogP contribution is 2.09. The Morgan fingerprint density at radius 1 is 0.812 bits per heavy atom. The van der Waals surface area contributed by atoms with Crippen molar-refractivity contribution in [3.63, 3.8) is 0 Å². The smallest absolute Gasteiger partial charge is 0.408 e. The molecule has 7 heteroatoms. The van der Waals surface area contributed by atoms with Gasteiger partial charge < -0.3 is 20.7 Å². The van der Waals surface area contributed by atoms with Crippen LogP contribution in [0.5, 0.6) is 0 Å². The van der Waals surface area contributed by atoms with Crippen LogP contribution in [0, 0.1) is 5.92 Å². The van der Waals surface area contributed by atoms with Gasteiger partial charge in [-0.25, -0.2) is 4.79 Å². The van der Waals surface area contributed by atoms with Crippen LogP contribution in [-0.2, 0) is 27.4 Å². The number of alkyl carbamates (subject to hydrolysis) is 1. The lowest BCUT2D eigenvalue weighted by molar-refractivity contribution is -0.130. The summed E-state index contributed by atoms with van der Waals surface area (Å²) in [6, 6.07) is 17.2. The average molecular weight is 440 g/mol. The molecule has 0 fully saturated rings. The van der Waals surface area contributed by atoms with Crippen molar-refractivity contribution < 1.29 is 19.1 Å². The summed E-state index contributed by atoms with van der Waals surface area (Å²) < 4.78 is 5.27. The summed E-state index contributed by atoms with van der Waals surface area (Å²) in [4.78, 5) is 37.9. The van der Waals surface area contributed by atoms with Crippen molar-refractivity contribution in [2.75, 3.05) is 6.54 Å². The summed E-state index contributed by atoms with van der Waals surface area (Å²) in [6.45, 7) is 6.31. The minimum atomic E-state index is -0.814. The van der Waals surface area contributed by atoms with E-state index in [0.717, 1.165) is 11.1 Å². The van der Waals surface area contributed by atoms with Crippen molar-refractivity contribution in [2.45, 2.75) is 52.3 Å². The molecule has 172 valence electrons. The molecular formula is C25H33N3O4. The number of rotatable bonds is 11. The predicted octanol–water partition coefficient (Wildman–Crippen LogP) is 3.19. The van der Waals surface area contributed by atoms with Crippen molar-refractivity contribution >= 4 is 17.9 Å². The van der Waals surface area contributed by atoms with Crippen molar-refractivity contribution in [1.29, 1.82) is 0 Å². The summed E-state index contributed by atoms with van der Waals surface area (Å²) in [5, 5.41) is 8.23. The molecule has 0 aliphatic carbocycles. The van der Waals surface area contributed by atoms with Crippen LogP contribution in [0.15, 0.2) is 60.7 Å². The topological polar surface area (TPSA) is 96.5 Å². The van der Waals surface area contributed by atoms with Crippen molar-refractivity contribution in [2.24, 2.45) is 5.92 Å². The fraction of sp³-hybridized carbons (Fsp3) is 0.400. The van der Waals surface area contributed by atoms with Gasteiger partial charge in [0.05, 0.1) is 0 Å². The second-order valence-electron chi connectivity index (χ2n) is 8.03. The van der Waals surface area contributed by atoms with Gasteiger partial charge in [0.15, 0.2) is 0 Å². The van der Waals surface area contributed by atoms with Crippen LogP contribution in [0.3, 0.4) is 0 Å². The second-order valence-corrected chi connectivity index (χ2v) is 8.03. The van der Waals surface area contributed by atoms with Crippen LogP contribution < -0.4 is 16.0 Å². The number of carbonyl (C=O) groups excluding carboxylic acids is 3. The highest BCUT2D eigenvalue weighted by molar-refractivity contribution is 5.91. The van der Waals surface area contributed by atoms with Gasteiger partial charge in [-0.15, -0.1) is 0 Å². The van der Waals surface area contributed by atoms with E-state index in [0.29, 0.717) is 19.4 Å². The number of ether oxygens (including phenoxy) is 1. The molecule has 0 saturated carbocycles. The zero-order valence-electron chi connectivity index (χ0n) is 19.0. The standard InChI is InChI=1S/C25H33N3O4/c1-4-26-23(29)22(16-19-11-7-5-8-12-19)27-24(30)21(15-18(2)3)28-25(31)32-17-20-13-9-6-10-14-20/h5-14,18,21-22H,4,15-17H2,1-3H3,(H,26,29)(H,27,30)(H,28,31)/t21-,22-/m0/s1.